The molecule has 43 heavy (non-hydrogen) atoms. The van der Waals surface area contributed by atoms with Crippen LogP contribution in [0.4, 0.5) is 17.6 Å². The van der Waals surface area contributed by atoms with Crippen molar-refractivity contribution in [1.82, 2.24) is 15.1 Å². The number of nitrogens with one attached hydrogen (secondary N) is 1. The van der Waals surface area contributed by atoms with Crippen molar-refractivity contribution in [3.63, 3.8) is 0 Å². The molecular formula is C29H31F4N3O7. The predicted octanol–water partition coefficient (Wildman–Crippen LogP) is 3.02. The van der Waals surface area contributed by atoms with Crippen LogP contribution < -0.4 is 5.32 Å². The Balaban J connectivity index is 0.000000646. The van der Waals surface area contributed by atoms with E-state index in [9.17, 15) is 36.7 Å². The first kappa shape index (κ1) is 33.2. The third kappa shape index (κ3) is 6.85. The zero-order valence-corrected chi connectivity index (χ0v) is 23.6. The van der Waals surface area contributed by atoms with Gasteiger partial charge < -0.3 is 14.7 Å². The van der Waals surface area contributed by atoms with E-state index in [-0.39, 0.29) is 31.3 Å². The first-order valence-corrected chi connectivity index (χ1v) is 13.3. The number of carboxylic acids is 1. The zero-order valence-electron chi connectivity index (χ0n) is 23.6. The second-order valence-corrected chi connectivity index (χ2v) is 9.97. The Hall–Kier alpha value is -4.33. The number of alkyl halides is 3. The highest BCUT2D eigenvalue weighted by atomic mass is 19.4. The van der Waals surface area contributed by atoms with Gasteiger partial charge in [0.05, 0.1) is 25.5 Å². The van der Waals surface area contributed by atoms with E-state index >= 15 is 0 Å². The molecule has 0 radical (unpaired) electrons. The number of nitrogens with zero attached hydrogens (tertiary/aromatic N) is 2. The summed E-state index contributed by atoms with van der Waals surface area (Å²) in [6, 6.07) is 13.8. The molecule has 0 aliphatic carbocycles. The molecule has 10 nitrogen and oxygen atoms in total. The average Bonchev–Trinajstić information content (AvgIpc) is 3.44. The van der Waals surface area contributed by atoms with Gasteiger partial charge in [0.1, 0.15) is 11.4 Å². The highest BCUT2D eigenvalue weighted by molar-refractivity contribution is 6.09. The number of rotatable bonds is 8. The third-order valence-corrected chi connectivity index (χ3v) is 7.56. The van der Waals surface area contributed by atoms with Gasteiger partial charge in [-0.2, -0.15) is 13.2 Å². The molecule has 232 valence electrons. The number of likely N-dealkylation sites (N-methyl/N-ethyl adjacent to an activating group) is 1. The van der Waals surface area contributed by atoms with E-state index in [0.29, 0.717) is 12.1 Å². The topological polar surface area (TPSA) is 133 Å². The molecule has 0 unspecified atom stereocenters. The summed E-state index contributed by atoms with van der Waals surface area (Å²) in [4.78, 5) is 65.1. The number of halogens is 4. The summed E-state index contributed by atoms with van der Waals surface area (Å²) in [5, 5.41) is 10.4. The molecule has 0 bridgehead atoms. The van der Waals surface area contributed by atoms with Crippen LogP contribution in [0.25, 0.3) is 0 Å². The molecule has 2 aliphatic rings. The van der Waals surface area contributed by atoms with E-state index in [0.717, 1.165) is 5.56 Å². The van der Waals surface area contributed by atoms with Gasteiger partial charge in [0.2, 0.25) is 11.8 Å². The number of hydrogen-bond acceptors (Lipinski definition) is 7. The number of likely N-dealkylation sites (tertiary alicyclic amines) is 1. The number of hydrogen-bond donors (Lipinski definition) is 2. The van der Waals surface area contributed by atoms with Gasteiger partial charge in [0.25, 0.3) is 5.91 Å². The van der Waals surface area contributed by atoms with Crippen LogP contribution in [0.1, 0.15) is 36.2 Å². The number of methoxy groups -OCH3 is 1. The fraction of sp³-hybridized carbons (Fsp3) is 0.414. The Bertz CT molecular complexity index is 1350. The van der Waals surface area contributed by atoms with Gasteiger partial charge in [-0.1, -0.05) is 37.3 Å². The fourth-order valence-electron chi connectivity index (χ4n) is 5.47. The summed E-state index contributed by atoms with van der Waals surface area (Å²) in [5.74, 6) is -6.74. The Morgan fingerprint density at radius 3 is 2.09 bits per heavy atom. The van der Waals surface area contributed by atoms with Crippen molar-refractivity contribution < 1.29 is 51.4 Å². The molecule has 2 N–H and O–H groups in total. The average molecular weight is 610 g/mol. The summed E-state index contributed by atoms with van der Waals surface area (Å²) in [6.07, 6.45) is -4.85. The van der Waals surface area contributed by atoms with E-state index < -0.39 is 53.3 Å². The van der Waals surface area contributed by atoms with E-state index in [4.69, 9.17) is 14.6 Å². The second kappa shape index (κ2) is 13.3. The molecule has 2 heterocycles. The number of fused-ring (bicyclic) bond motifs is 1. The molecule has 2 aromatic rings. The van der Waals surface area contributed by atoms with Crippen molar-refractivity contribution in [2.45, 2.75) is 44.6 Å². The maximum atomic E-state index is 13.6. The quantitative estimate of drug-likeness (QED) is 0.265. The molecule has 0 aromatic heterocycles. The van der Waals surface area contributed by atoms with Crippen molar-refractivity contribution in [3.05, 3.63) is 71.5 Å². The molecule has 14 heteroatoms. The number of carbonyl (C=O) groups excluding carboxylic acids is 4. The molecule has 2 aliphatic heterocycles. The first-order valence-electron chi connectivity index (χ1n) is 13.3. The lowest BCUT2D eigenvalue weighted by molar-refractivity contribution is -0.192. The highest BCUT2D eigenvalue weighted by Gasteiger charge is 2.67. The highest BCUT2D eigenvalue weighted by Crippen LogP contribution is 2.45. The number of carboxylic acid groups (broad SMARTS) is 1. The monoisotopic (exact) mass is 609 g/mol. The van der Waals surface area contributed by atoms with Gasteiger partial charge in [0.15, 0.2) is 0 Å². The zero-order chi connectivity index (χ0) is 32.1. The minimum atomic E-state index is -5.08. The van der Waals surface area contributed by atoms with Gasteiger partial charge in [-0.15, -0.1) is 0 Å². The predicted molar refractivity (Wildman–Crippen MR) is 143 cm³/mol. The van der Waals surface area contributed by atoms with Crippen LogP contribution in [0.3, 0.4) is 0 Å². The second-order valence-electron chi connectivity index (χ2n) is 9.97. The van der Waals surface area contributed by atoms with Gasteiger partial charge in [-0.05, 0) is 43.2 Å². The van der Waals surface area contributed by atoms with E-state index in [1.807, 2.05) is 30.3 Å². The number of amides is 3. The number of benzene rings is 2. The maximum absolute atomic E-state index is 13.6. The van der Waals surface area contributed by atoms with Crippen LogP contribution in [0.2, 0.25) is 0 Å². The van der Waals surface area contributed by atoms with Gasteiger partial charge in [-0.3, -0.25) is 29.4 Å². The van der Waals surface area contributed by atoms with Crippen LogP contribution >= 0.6 is 0 Å². The minimum absolute atomic E-state index is 0.0881. The van der Waals surface area contributed by atoms with Crippen molar-refractivity contribution in [2.24, 2.45) is 11.8 Å². The molecule has 0 spiro atoms. The number of aliphatic carboxylic acids is 1. The Kier molecular flexibility index (Phi) is 10.3. The van der Waals surface area contributed by atoms with E-state index in [1.54, 1.807) is 13.8 Å². The fourth-order valence-corrected chi connectivity index (χ4v) is 5.47. The molecule has 3 amide bonds. The lowest BCUT2D eigenvalue weighted by Crippen LogP contribution is -2.58. The van der Waals surface area contributed by atoms with Crippen LogP contribution in [0.15, 0.2) is 54.6 Å². The van der Waals surface area contributed by atoms with E-state index in [2.05, 4.69) is 5.32 Å². The van der Waals surface area contributed by atoms with Crippen LogP contribution in [-0.4, -0.2) is 82.5 Å². The Morgan fingerprint density at radius 2 is 1.60 bits per heavy atom. The van der Waals surface area contributed by atoms with Crippen LogP contribution in [-0.2, 0) is 30.5 Å². The number of esters is 1. The van der Waals surface area contributed by atoms with Crippen molar-refractivity contribution in [1.29, 1.82) is 0 Å². The van der Waals surface area contributed by atoms with Crippen molar-refractivity contribution >= 4 is 29.7 Å². The van der Waals surface area contributed by atoms with Gasteiger partial charge >= 0.3 is 18.1 Å². The largest absolute Gasteiger partial charge is 0.490 e. The van der Waals surface area contributed by atoms with Gasteiger partial charge in [-0.25, -0.2) is 9.18 Å². The first-order chi connectivity index (χ1) is 20.2. The number of imide groups is 1. The summed E-state index contributed by atoms with van der Waals surface area (Å²) < 4.78 is 50.2. The standard InChI is InChI=1S/C27H30FN3O5.C2HF3O2/c1-4-27(26(35)36-3)22-21(24(33)31(25(22)34)15-17-9-7-6-8-10-17)20(29-27)16-30(5-2)23(32)18-11-13-19(28)14-12-18;3-2(4,5)1(6)7/h6-14,20-22,29H,4-5,15-16H2,1-3H3;(H,6,7)/t20-,21+,22-,27-;/m1./s1. The molecule has 4 rings (SSSR count). The number of carbonyl (C=O) groups is 5. The SMILES string of the molecule is CCN(C[C@H]1N[C@@](CC)(C(=O)OC)[C@H]2C(=O)N(Cc3ccccc3)C(=O)[C@@H]12)C(=O)c1ccc(F)cc1.O=C(O)C(F)(F)F. The molecule has 2 fully saturated rings. The lowest BCUT2D eigenvalue weighted by Gasteiger charge is -2.32. The summed E-state index contributed by atoms with van der Waals surface area (Å²) in [7, 11) is 1.25. The van der Waals surface area contributed by atoms with Crippen LogP contribution in [0.5, 0.6) is 0 Å². The summed E-state index contributed by atoms with van der Waals surface area (Å²) >= 11 is 0. The van der Waals surface area contributed by atoms with E-state index in [1.165, 1.54) is 41.2 Å². The normalized spacial score (nSPS) is 22.9. The lowest BCUT2D eigenvalue weighted by atomic mass is 9.78. The van der Waals surface area contributed by atoms with Crippen LogP contribution in [0, 0.1) is 17.7 Å². The molecular weight excluding hydrogens is 578 g/mol. The summed E-state index contributed by atoms with van der Waals surface area (Å²) in [6.45, 7) is 4.07. The van der Waals surface area contributed by atoms with Crippen molar-refractivity contribution in [2.75, 3.05) is 20.2 Å². The minimum Gasteiger partial charge on any atom is -0.475 e. The third-order valence-electron chi connectivity index (χ3n) is 7.56. The maximum Gasteiger partial charge on any atom is 0.490 e. The van der Waals surface area contributed by atoms with Crippen molar-refractivity contribution in [3.8, 4) is 0 Å². The summed E-state index contributed by atoms with van der Waals surface area (Å²) in [5.41, 5.74) is -0.284. The Morgan fingerprint density at radius 1 is 1.02 bits per heavy atom. The molecule has 0 saturated carbocycles. The smallest absolute Gasteiger partial charge is 0.475 e. The molecule has 2 saturated heterocycles. The van der Waals surface area contributed by atoms with Gasteiger partial charge in [0, 0.05) is 24.7 Å². The molecule has 2 aromatic carbocycles. The Labute approximate surface area is 244 Å². The number of ether oxygens (including phenoxy) is 1. The molecule has 4 atom stereocenters.